The third kappa shape index (κ3) is 14.8. The quantitative estimate of drug-likeness (QED) is 0.0427. The van der Waals surface area contributed by atoms with Crippen LogP contribution >= 0.6 is 0 Å². The molecule has 5 aromatic rings. The number of hydrogen-bond acceptors (Lipinski definition) is 12. The number of aromatic nitrogens is 6. The van der Waals surface area contributed by atoms with Crippen LogP contribution in [0.4, 0.5) is 0 Å². The van der Waals surface area contributed by atoms with Crippen LogP contribution in [0.3, 0.4) is 0 Å². The zero-order chi connectivity index (χ0) is 57.5. The molecule has 3 aromatic carbocycles. The number of hydrogen-bond donors (Lipinski definition) is 6. The molecule has 0 bridgehead atoms. The van der Waals surface area contributed by atoms with Crippen LogP contribution in [0.5, 0.6) is 0 Å². The van der Waals surface area contributed by atoms with Crippen molar-refractivity contribution in [3.05, 3.63) is 131 Å². The molecule has 0 saturated carbocycles. The van der Waals surface area contributed by atoms with E-state index in [0.29, 0.717) is 50.2 Å². The van der Waals surface area contributed by atoms with Crippen molar-refractivity contribution in [3.8, 4) is 0 Å². The summed E-state index contributed by atoms with van der Waals surface area (Å²) in [5.74, 6) is -1.31. The van der Waals surface area contributed by atoms with E-state index < -0.39 is 48.3 Å². The molecule has 6 heterocycles. The molecule has 9 rings (SSSR count). The Balaban J connectivity index is 0.734. The molecule has 4 aliphatic heterocycles. The molecule has 4 fully saturated rings. The number of carbonyl (C=O) groups excluding carboxylic acids is 6. The van der Waals surface area contributed by atoms with E-state index in [4.69, 9.17) is 0 Å². The summed E-state index contributed by atoms with van der Waals surface area (Å²) < 4.78 is 3.68. The van der Waals surface area contributed by atoms with Gasteiger partial charge in [0.15, 0.2) is 0 Å². The van der Waals surface area contributed by atoms with Crippen molar-refractivity contribution in [3.63, 3.8) is 0 Å². The highest BCUT2D eigenvalue weighted by atomic mass is 16.2. The minimum Gasteiger partial charge on any atom is -0.343 e. The first-order valence-electron chi connectivity index (χ1n) is 30.1. The maximum Gasteiger partial charge on any atom is 0.246 e. The second-order valence-electron chi connectivity index (χ2n) is 22.9. The molecule has 0 aliphatic carbocycles. The molecule has 4 saturated heterocycles. The van der Waals surface area contributed by atoms with Crippen LogP contribution in [0.1, 0.15) is 162 Å². The van der Waals surface area contributed by atoms with Gasteiger partial charge >= 0.3 is 0 Å². The fraction of sp³-hybridized carbons (Fsp3) is 0.548. The first-order valence-corrected chi connectivity index (χ1v) is 30.1. The highest BCUT2D eigenvalue weighted by Crippen LogP contribution is 2.34. The highest BCUT2D eigenvalue weighted by molar-refractivity contribution is 5.95. The van der Waals surface area contributed by atoms with Crippen molar-refractivity contribution in [2.24, 2.45) is 0 Å². The van der Waals surface area contributed by atoms with Gasteiger partial charge in [-0.3, -0.25) is 38.1 Å². The zero-order valence-electron chi connectivity index (χ0n) is 48.2. The SMILES string of the molecule is CN[C@@H](C)C(=O)NC1CCCCC2CCC(C(=O)N[C@@H](c3ccccc3)c3cn(CCCCc4ccc(CCCCn5cc([C@@H](NC(=O)C6CCC7CCCCC(NC(=O)[C@@H](C)NC)C(=O)N76)c6ccccc6)nn5)cc4)nn3)N2C1=O. The highest BCUT2D eigenvalue weighted by Gasteiger charge is 2.46. The third-order valence-corrected chi connectivity index (χ3v) is 17.3. The van der Waals surface area contributed by atoms with Crippen LogP contribution in [-0.4, -0.2) is 138 Å². The van der Waals surface area contributed by atoms with Crippen molar-refractivity contribution < 1.29 is 28.8 Å². The summed E-state index contributed by atoms with van der Waals surface area (Å²) in [6.45, 7) is 4.86. The Hall–Kier alpha value is -7.32. The largest absolute Gasteiger partial charge is 0.343 e. The van der Waals surface area contributed by atoms with E-state index in [1.54, 1.807) is 37.7 Å². The van der Waals surface area contributed by atoms with E-state index in [0.717, 1.165) is 101 Å². The molecule has 6 amide bonds. The van der Waals surface area contributed by atoms with E-state index in [2.05, 4.69) is 76.8 Å². The zero-order valence-corrected chi connectivity index (χ0v) is 48.2. The maximum absolute atomic E-state index is 14.3. The Bertz CT molecular complexity index is 2720. The van der Waals surface area contributed by atoms with Crippen LogP contribution in [0, 0.1) is 0 Å². The first-order chi connectivity index (χ1) is 39.9. The molecule has 0 spiro atoms. The van der Waals surface area contributed by atoms with Crippen LogP contribution < -0.4 is 31.9 Å². The number of benzene rings is 3. The number of amides is 6. The Morgan fingerprint density at radius 3 is 1.29 bits per heavy atom. The Morgan fingerprint density at radius 2 is 0.902 bits per heavy atom. The normalized spacial score (nSPS) is 22.5. The van der Waals surface area contributed by atoms with Gasteiger partial charge in [0.1, 0.15) is 35.6 Å². The van der Waals surface area contributed by atoms with Crippen molar-refractivity contribution >= 4 is 35.4 Å². The van der Waals surface area contributed by atoms with Gasteiger partial charge in [-0.2, -0.15) is 0 Å². The summed E-state index contributed by atoms with van der Waals surface area (Å²) in [4.78, 5) is 86.0. The van der Waals surface area contributed by atoms with Crippen LogP contribution in [0.15, 0.2) is 97.3 Å². The first kappa shape index (κ1) is 59.3. The number of fused-ring (bicyclic) bond motifs is 2. The molecule has 6 unspecified atom stereocenters. The number of aryl methyl sites for hydroxylation is 4. The lowest BCUT2D eigenvalue weighted by atomic mass is 9.98. The Labute approximate surface area is 482 Å². The Morgan fingerprint density at radius 1 is 0.512 bits per heavy atom. The fourth-order valence-corrected chi connectivity index (χ4v) is 12.3. The van der Waals surface area contributed by atoms with Crippen molar-refractivity contribution in [2.75, 3.05) is 14.1 Å². The lowest BCUT2D eigenvalue weighted by Gasteiger charge is -2.36. The summed E-state index contributed by atoms with van der Waals surface area (Å²) in [5, 5.41) is 36.4. The molecule has 20 nitrogen and oxygen atoms in total. The second-order valence-corrected chi connectivity index (χ2v) is 22.9. The third-order valence-electron chi connectivity index (χ3n) is 17.3. The average molecular weight is 1120 g/mol. The number of unbranched alkanes of at least 4 members (excludes halogenated alkanes) is 2. The second kappa shape index (κ2) is 28.6. The maximum atomic E-state index is 14.3. The fourth-order valence-electron chi connectivity index (χ4n) is 12.3. The molecule has 6 N–H and O–H groups in total. The number of carbonyl (C=O) groups is 6. The van der Waals surface area contributed by atoms with Gasteiger partial charge in [-0.05, 0) is 140 Å². The summed E-state index contributed by atoms with van der Waals surface area (Å²) in [6.07, 6.45) is 18.2. The van der Waals surface area contributed by atoms with Gasteiger partial charge in [0.2, 0.25) is 35.4 Å². The number of likely N-dealkylation sites (N-methyl/N-ethyl adjacent to an activating group) is 2. The van der Waals surface area contributed by atoms with Gasteiger partial charge in [-0.1, -0.05) is 121 Å². The van der Waals surface area contributed by atoms with Gasteiger partial charge in [-0.25, -0.2) is 0 Å². The van der Waals surface area contributed by atoms with Gasteiger partial charge in [0, 0.05) is 25.2 Å². The average Bonchev–Trinajstić information content (AvgIpc) is 4.39. The molecule has 2 aromatic heterocycles. The van der Waals surface area contributed by atoms with Crippen molar-refractivity contribution in [2.45, 2.75) is 203 Å². The molecule has 0 radical (unpaired) electrons. The van der Waals surface area contributed by atoms with Gasteiger partial charge in [-0.15, -0.1) is 10.2 Å². The molecule has 20 heteroatoms. The molecular weight excluding hydrogens is 1040 g/mol. The van der Waals surface area contributed by atoms with Crippen molar-refractivity contribution in [1.29, 1.82) is 0 Å². The number of nitrogens with zero attached hydrogens (tertiary/aromatic N) is 8. The summed E-state index contributed by atoms with van der Waals surface area (Å²) >= 11 is 0. The van der Waals surface area contributed by atoms with E-state index in [9.17, 15) is 28.8 Å². The van der Waals surface area contributed by atoms with Gasteiger partial charge in [0.05, 0.1) is 36.6 Å². The topological polar surface area (TPSA) is 242 Å². The lowest BCUT2D eigenvalue weighted by Crippen LogP contribution is -2.58. The summed E-state index contributed by atoms with van der Waals surface area (Å²) in [6, 6.07) is 23.5. The molecule has 438 valence electrons. The minimum atomic E-state index is -0.676. The van der Waals surface area contributed by atoms with Crippen LogP contribution in [-0.2, 0) is 54.7 Å². The van der Waals surface area contributed by atoms with E-state index in [-0.39, 0.29) is 47.5 Å². The monoisotopic (exact) mass is 1120 g/mol. The molecule has 10 atom stereocenters. The molecule has 4 aliphatic rings. The summed E-state index contributed by atoms with van der Waals surface area (Å²) in [7, 11) is 3.43. The minimum absolute atomic E-state index is 0.0483. The predicted octanol–water partition coefficient (Wildman–Crippen LogP) is 5.38. The predicted molar refractivity (Wildman–Crippen MR) is 310 cm³/mol. The van der Waals surface area contributed by atoms with E-state index >= 15 is 0 Å². The lowest BCUT2D eigenvalue weighted by molar-refractivity contribution is -0.144. The Kier molecular flexibility index (Phi) is 20.7. The van der Waals surface area contributed by atoms with Crippen LogP contribution in [0.2, 0.25) is 0 Å². The van der Waals surface area contributed by atoms with E-state index in [1.165, 1.54) is 11.1 Å². The molecular formula is C62H84N14O6. The van der Waals surface area contributed by atoms with E-state index in [1.807, 2.05) is 82.4 Å². The molecule has 82 heavy (non-hydrogen) atoms. The van der Waals surface area contributed by atoms with Gasteiger partial charge in [0.25, 0.3) is 0 Å². The van der Waals surface area contributed by atoms with Crippen LogP contribution in [0.25, 0.3) is 0 Å². The van der Waals surface area contributed by atoms with Gasteiger partial charge < -0.3 is 41.7 Å². The standard InChI is InChI=1S/C62H84N14O6/c1-41(63-3)57(77)65-49-27-13-11-25-47-33-35-53(75(47)61(49)81)59(79)67-55(45-21-7-5-8-22-45)51-39-73(71-69-51)37-17-15-19-43-29-31-44(32-30-43)20-16-18-38-74-40-52(70-72-74)56(46-23-9-6-10-24-46)68-60(80)54-36-34-48-26-12-14-28-50(62(82)76(48)54)66-58(78)42(2)64-4/h5-10,21-24,29-32,39-42,47-50,53-56,63-64H,11-20,25-28,33-38H2,1-4H3,(H,65,77)(H,66,78)(H,67,79)(H,68,80)/t41-,42+,47?,48?,49?,50?,53?,54?,55-,56-/m0/s1. The smallest absolute Gasteiger partial charge is 0.246 e. The number of rotatable bonds is 24. The van der Waals surface area contributed by atoms with Crippen molar-refractivity contribution in [1.82, 2.24) is 71.7 Å². The number of nitrogens with one attached hydrogen (secondary N) is 6. The summed E-state index contributed by atoms with van der Waals surface area (Å²) in [5.41, 5.74) is 5.53.